The normalized spacial score (nSPS) is 22.0. The average molecular weight is 463 g/mol. The molecule has 1 aliphatic carbocycles. The van der Waals surface area contributed by atoms with Crippen molar-refractivity contribution in [2.75, 3.05) is 6.26 Å². The number of rotatable bonds is 8. The second kappa shape index (κ2) is 8.74. The lowest BCUT2D eigenvalue weighted by molar-refractivity contribution is -0.167. The Morgan fingerprint density at radius 1 is 1.19 bits per heavy atom. The Balaban J connectivity index is 2.52. The number of benzene rings is 1. The molecule has 0 saturated heterocycles. The lowest BCUT2D eigenvalue weighted by Crippen LogP contribution is -2.64. The van der Waals surface area contributed by atoms with Crippen LogP contribution in [0.25, 0.3) is 5.57 Å². The summed E-state index contributed by atoms with van der Waals surface area (Å²) in [5.74, 6) is -1.70. The van der Waals surface area contributed by atoms with Crippen molar-refractivity contribution >= 4 is 21.4 Å². The van der Waals surface area contributed by atoms with Crippen LogP contribution in [-0.4, -0.2) is 54.4 Å². The molecule has 1 aromatic rings. The standard InChI is InChI=1S/C21H25F4NO4S/c1-19(2,22)13-16(17(27)28)26-18(21(23,24)25)20(31(3,29)30)11-9-15(10-12-20)14-7-5-4-6-8-14/h4-11,16,18,26H,12-13H2,1-3H3,(H,27,28)/t16-,18+,20?/m0/s1. The maximum absolute atomic E-state index is 14.1. The van der Waals surface area contributed by atoms with E-state index in [1.54, 1.807) is 30.3 Å². The number of carboxylic acid groups (broad SMARTS) is 1. The molecule has 0 radical (unpaired) electrons. The summed E-state index contributed by atoms with van der Waals surface area (Å²) in [5.41, 5.74) is -0.854. The molecule has 10 heteroatoms. The van der Waals surface area contributed by atoms with Crippen LogP contribution < -0.4 is 5.32 Å². The van der Waals surface area contributed by atoms with Crippen LogP contribution in [0.5, 0.6) is 0 Å². The van der Waals surface area contributed by atoms with Crippen LogP contribution in [0.15, 0.2) is 48.6 Å². The van der Waals surface area contributed by atoms with Crippen LogP contribution in [0.4, 0.5) is 17.6 Å². The maximum Gasteiger partial charge on any atom is 0.405 e. The van der Waals surface area contributed by atoms with Crippen LogP contribution in [0.2, 0.25) is 0 Å². The van der Waals surface area contributed by atoms with E-state index in [1.165, 1.54) is 12.2 Å². The van der Waals surface area contributed by atoms with Crippen molar-refractivity contribution in [2.24, 2.45) is 0 Å². The number of nitrogens with one attached hydrogen (secondary N) is 1. The van der Waals surface area contributed by atoms with Gasteiger partial charge < -0.3 is 5.11 Å². The Kier molecular flexibility index (Phi) is 7.07. The molecule has 0 aliphatic heterocycles. The number of aliphatic carboxylic acids is 1. The fourth-order valence-electron chi connectivity index (χ4n) is 3.60. The van der Waals surface area contributed by atoms with E-state index in [9.17, 15) is 35.9 Å². The fraction of sp³-hybridized carbons (Fsp3) is 0.476. The zero-order valence-electron chi connectivity index (χ0n) is 17.3. The largest absolute Gasteiger partial charge is 0.480 e. The smallest absolute Gasteiger partial charge is 0.405 e. The van der Waals surface area contributed by atoms with E-state index in [0.717, 1.165) is 19.9 Å². The van der Waals surface area contributed by atoms with Crippen LogP contribution in [0, 0.1) is 0 Å². The third-order valence-corrected chi connectivity index (χ3v) is 7.07. The summed E-state index contributed by atoms with van der Waals surface area (Å²) in [6.07, 6.45) is -2.14. The third-order valence-electron chi connectivity index (χ3n) is 5.15. The first-order chi connectivity index (χ1) is 14.1. The van der Waals surface area contributed by atoms with Gasteiger partial charge in [0, 0.05) is 12.7 Å². The molecule has 172 valence electrons. The molecule has 0 spiro atoms. The molecule has 0 fully saturated rings. The van der Waals surface area contributed by atoms with E-state index in [2.05, 4.69) is 0 Å². The number of hydrogen-bond donors (Lipinski definition) is 2. The Labute approximate surface area is 178 Å². The van der Waals surface area contributed by atoms with E-state index >= 15 is 0 Å². The van der Waals surface area contributed by atoms with Crippen molar-refractivity contribution in [1.82, 2.24) is 5.32 Å². The minimum absolute atomic E-state index is 0.533. The highest BCUT2D eigenvalue weighted by molar-refractivity contribution is 7.92. The average Bonchev–Trinajstić information content (AvgIpc) is 2.63. The van der Waals surface area contributed by atoms with Crippen molar-refractivity contribution in [3.8, 4) is 0 Å². The minimum atomic E-state index is -5.13. The predicted octanol–water partition coefficient (Wildman–Crippen LogP) is 3.93. The number of halogens is 4. The van der Waals surface area contributed by atoms with Gasteiger partial charge in [0.25, 0.3) is 0 Å². The van der Waals surface area contributed by atoms with Crippen LogP contribution in [0.1, 0.15) is 32.3 Å². The van der Waals surface area contributed by atoms with Gasteiger partial charge in [0.15, 0.2) is 9.84 Å². The number of carboxylic acids is 1. The molecule has 2 rings (SSSR count). The molecule has 0 amide bonds. The number of carbonyl (C=O) groups is 1. The molecule has 0 saturated carbocycles. The molecular formula is C21H25F4NO4S. The highest BCUT2D eigenvalue weighted by Crippen LogP contribution is 2.41. The van der Waals surface area contributed by atoms with Gasteiger partial charge in [0.1, 0.15) is 22.5 Å². The first-order valence-electron chi connectivity index (χ1n) is 9.46. The Morgan fingerprint density at radius 2 is 1.77 bits per heavy atom. The van der Waals surface area contributed by atoms with Gasteiger partial charge >= 0.3 is 12.1 Å². The van der Waals surface area contributed by atoms with Gasteiger partial charge in [-0.2, -0.15) is 13.2 Å². The molecule has 5 nitrogen and oxygen atoms in total. The maximum atomic E-state index is 14.1. The minimum Gasteiger partial charge on any atom is -0.480 e. The lowest BCUT2D eigenvalue weighted by atomic mass is 9.86. The Morgan fingerprint density at radius 3 is 2.16 bits per heavy atom. The molecule has 1 unspecified atom stereocenters. The van der Waals surface area contributed by atoms with Crippen molar-refractivity contribution in [2.45, 2.75) is 55.4 Å². The van der Waals surface area contributed by atoms with Gasteiger partial charge in [-0.15, -0.1) is 0 Å². The lowest BCUT2D eigenvalue weighted by Gasteiger charge is -2.41. The van der Waals surface area contributed by atoms with Gasteiger partial charge in [0.2, 0.25) is 0 Å². The van der Waals surface area contributed by atoms with Gasteiger partial charge in [-0.1, -0.05) is 48.6 Å². The highest BCUT2D eigenvalue weighted by Gasteiger charge is 2.59. The summed E-state index contributed by atoms with van der Waals surface area (Å²) in [4.78, 5) is 11.5. The molecule has 31 heavy (non-hydrogen) atoms. The SMILES string of the molecule is CC(C)(F)C[C@H](N[C@@H](C(F)(F)F)C1(S(C)(=O)=O)C=CC(c2ccccc2)=CC1)C(=O)O. The molecular weight excluding hydrogens is 438 g/mol. The van der Waals surface area contributed by atoms with Crippen LogP contribution in [0.3, 0.4) is 0 Å². The first kappa shape index (κ1) is 25.1. The summed E-state index contributed by atoms with van der Waals surface area (Å²) in [7, 11) is -4.39. The molecule has 0 heterocycles. The van der Waals surface area contributed by atoms with Crippen LogP contribution >= 0.6 is 0 Å². The molecule has 3 atom stereocenters. The summed E-state index contributed by atoms with van der Waals surface area (Å²) in [6, 6.07) is 3.98. The van der Waals surface area contributed by atoms with Crippen molar-refractivity contribution in [3.63, 3.8) is 0 Å². The second-order valence-corrected chi connectivity index (χ2v) is 10.5. The van der Waals surface area contributed by atoms with Gasteiger partial charge in [0.05, 0.1) is 0 Å². The fourth-order valence-corrected chi connectivity index (χ4v) is 4.93. The molecule has 1 aromatic carbocycles. The third kappa shape index (κ3) is 5.94. The van der Waals surface area contributed by atoms with Gasteiger partial charge in [-0.25, -0.2) is 12.8 Å². The quantitative estimate of drug-likeness (QED) is 0.571. The predicted molar refractivity (Wildman–Crippen MR) is 110 cm³/mol. The van der Waals surface area contributed by atoms with E-state index in [4.69, 9.17) is 0 Å². The van der Waals surface area contributed by atoms with E-state index in [1.807, 2.05) is 5.32 Å². The monoisotopic (exact) mass is 463 g/mol. The van der Waals surface area contributed by atoms with Crippen LogP contribution in [-0.2, 0) is 14.6 Å². The number of alkyl halides is 4. The number of sulfone groups is 1. The zero-order chi connectivity index (χ0) is 23.7. The second-order valence-electron chi connectivity index (χ2n) is 8.25. The summed E-state index contributed by atoms with van der Waals surface area (Å²) < 4.78 is 79.1. The molecule has 0 aromatic heterocycles. The Bertz CT molecular complexity index is 965. The number of hydrogen-bond acceptors (Lipinski definition) is 4. The van der Waals surface area contributed by atoms with E-state index in [0.29, 0.717) is 17.4 Å². The van der Waals surface area contributed by atoms with Crippen molar-refractivity contribution in [3.05, 3.63) is 54.1 Å². The van der Waals surface area contributed by atoms with Crippen molar-refractivity contribution < 1.29 is 35.9 Å². The topological polar surface area (TPSA) is 83.5 Å². The summed E-state index contributed by atoms with van der Waals surface area (Å²) in [6.45, 7) is 2.07. The van der Waals surface area contributed by atoms with E-state index < -0.39 is 57.3 Å². The summed E-state index contributed by atoms with van der Waals surface area (Å²) in [5, 5.41) is 11.2. The van der Waals surface area contributed by atoms with Gasteiger partial charge in [-0.05, 0) is 31.4 Å². The van der Waals surface area contributed by atoms with E-state index in [-0.39, 0.29) is 0 Å². The number of allylic oxidation sites excluding steroid dienone is 3. The molecule has 2 N–H and O–H groups in total. The summed E-state index contributed by atoms with van der Waals surface area (Å²) >= 11 is 0. The van der Waals surface area contributed by atoms with Gasteiger partial charge in [-0.3, -0.25) is 10.1 Å². The zero-order valence-corrected chi connectivity index (χ0v) is 18.1. The highest BCUT2D eigenvalue weighted by atomic mass is 32.2. The first-order valence-corrected chi connectivity index (χ1v) is 11.3. The van der Waals surface area contributed by atoms with Crippen molar-refractivity contribution in [1.29, 1.82) is 0 Å². The molecule has 1 aliphatic rings. The Hall–Kier alpha value is -2.20. The molecule has 0 bridgehead atoms.